The van der Waals surface area contributed by atoms with Crippen LogP contribution in [0.1, 0.15) is 16.8 Å². The molecule has 1 aromatic heterocycles. The number of aryl methyl sites for hydroxylation is 3. The normalized spacial score (nSPS) is 10.5. The van der Waals surface area contributed by atoms with Crippen LogP contribution in [-0.4, -0.2) is 10.9 Å². The summed E-state index contributed by atoms with van der Waals surface area (Å²) < 4.78 is 0. The van der Waals surface area contributed by atoms with E-state index < -0.39 is 0 Å². The van der Waals surface area contributed by atoms with E-state index in [1.807, 2.05) is 6.92 Å². The number of nitrogens with zero attached hydrogens (tertiary/aromatic N) is 1. The van der Waals surface area contributed by atoms with Crippen molar-refractivity contribution in [1.82, 2.24) is 4.98 Å². The summed E-state index contributed by atoms with van der Waals surface area (Å²) >= 11 is 5.72. The van der Waals surface area contributed by atoms with Gasteiger partial charge in [-0.1, -0.05) is 24.3 Å². The van der Waals surface area contributed by atoms with Crippen molar-refractivity contribution >= 4 is 11.6 Å². The predicted octanol–water partition coefficient (Wildman–Crippen LogP) is 4.15. The number of rotatable bonds is 3. The summed E-state index contributed by atoms with van der Waals surface area (Å²) in [7, 11) is 0. The fourth-order valence-corrected chi connectivity index (χ4v) is 2.16. The zero-order valence-electron chi connectivity index (χ0n) is 10.2. The Morgan fingerprint density at radius 1 is 1.06 bits per heavy atom. The van der Waals surface area contributed by atoms with E-state index in [9.17, 15) is 0 Å². The molecule has 0 spiro atoms. The standard InChI is InChI=1S/C15H16ClN/c1-11-9-12(2)17-15(10-11)14-5-3-13(4-6-14)7-8-16/h3-6,9-10H,7-8H2,1-2H3. The van der Waals surface area contributed by atoms with Gasteiger partial charge in [0, 0.05) is 17.1 Å². The van der Waals surface area contributed by atoms with Crippen LogP contribution in [0.4, 0.5) is 0 Å². The molecule has 0 unspecified atom stereocenters. The molecule has 0 aliphatic rings. The third-order valence-electron chi connectivity index (χ3n) is 2.73. The van der Waals surface area contributed by atoms with Crippen LogP contribution in [0.25, 0.3) is 11.3 Å². The van der Waals surface area contributed by atoms with E-state index in [4.69, 9.17) is 11.6 Å². The first kappa shape index (κ1) is 12.1. The molecule has 2 heteroatoms. The Bertz CT molecular complexity index is 483. The van der Waals surface area contributed by atoms with Crippen LogP contribution >= 0.6 is 11.6 Å². The van der Waals surface area contributed by atoms with Gasteiger partial charge in [-0.3, -0.25) is 4.98 Å². The first-order valence-electron chi connectivity index (χ1n) is 5.79. The van der Waals surface area contributed by atoms with Crippen molar-refractivity contribution in [2.45, 2.75) is 20.3 Å². The summed E-state index contributed by atoms with van der Waals surface area (Å²) in [6, 6.07) is 12.7. The minimum absolute atomic E-state index is 0.668. The number of aromatic nitrogens is 1. The zero-order chi connectivity index (χ0) is 12.3. The van der Waals surface area contributed by atoms with Gasteiger partial charge in [0.15, 0.2) is 0 Å². The predicted molar refractivity (Wildman–Crippen MR) is 73.6 cm³/mol. The maximum atomic E-state index is 5.72. The summed E-state index contributed by atoms with van der Waals surface area (Å²) in [5.74, 6) is 0.668. The van der Waals surface area contributed by atoms with Crippen molar-refractivity contribution in [3.63, 3.8) is 0 Å². The third-order valence-corrected chi connectivity index (χ3v) is 2.92. The lowest BCUT2D eigenvalue weighted by atomic mass is 10.1. The topological polar surface area (TPSA) is 12.9 Å². The molecule has 0 radical (unpaired) electrons. The molecule has 0 aliphatic carbocycles. The summed E-state index contributed by atoms with van der Waals surface area (Å²) in [6.07, 6.45) is 0.919. The van der Waals surface area contributed by atoms with Crippen LogP contribution in [0.5, 0.6) is 0 Å². The minimum atomic E-state index is 0.668. The van der Waals surface area contributed by atoms with Crippen LogP contribution in [0.3, 0.4) is 0 Å². The van der Waals surface area contributed by atoms with Crippen molar-refractivity contribution in [2.24, 2.45) is 0 Å². The van der Waals surface area contributed by atoms with E-state index in [2.05, 4.69) is 48.3 Å². The van der Waals surface area contributed by atoms with Crippen molar-refractivity contribution < 1.29 is 0 Å². The highest BCUT2D eigenvalue weighted by atomic mass is 35.5. The van der Waals surface area contributed by atoms with E-state index in [1.165, 1.54) is 11.1 Å². The van der Waals surface area contributed by atoms with Crippen LogP contribution < -0.4 is 0 Å². The molecule has 1 heterocycles. The van der Waals surface area contributed by atoms with Gasteiger partial charge < -0.3 is 0 Å². The third kappa shape index (κ3) is 3.07. The van der Waals surface area contributed by atoms with Crippen molar-refractivity contribution in [1.29, 1.82) is 0 Å². The fourth-order valence-electron chi connectivity index (χ4n) is 1.94. The van der Waals surface area contributed by atoms with Gasteiger partial charge in [0.2, 0.25) is 0 Å². The molecule has 17 heavy (non-hydrogen) atoms. The van der Waals surface area contributed by atoms with Gasteiger partial charge in [-0.25, -0.2) is 0 Å². The summed E-state index contributed by atoms with van der Waals surface area (Å²) in [4.78, 5) is 4.55. The molecule has 0 saturated carbocycles. The number of halogens is 1. The second kappa shape index (κ2) is 5.33. The largest absolute Gasteiger partial charge is 0.253 e. The average molecular weight is 246 g/mol. The number of pyridine rings is 1. The van der Waals surface area contributed by atoms with Crippen LogP contribution in [-0.2, 0) is 6.42 Å². The quantitative estimate of drug-likeness (QED) is 0.741. The number of hydrogen-bond acceptors (Lipinski definition) is 1. The molecule has 0 fully saturated rings. The Balaban J connectivity index is 2.32. The molecular weight excluding hydrogens is 230 g/mol. The SMILES string of the molecule is Cc1cc(C)nc(-c2ccc(CCCl)cc2)c1. The Morgan fingerprint density at radius 3 is 2.35 bits per heavy atom. The van der Waals surface area contributed by atoms with E-state index in [1.54, 1.807) is 0 Å². The second-order valence-corrected chi connectivity index (χ2v) is 4.68. The molecular formula is C15H16ClN. The van der Waals surface area contributed by atoms with Crippen molar-refractivity contribution in [3.05, 3.63) is 53.2 Å². The monoisotopic (exact) mass is 245 g/mol. The number of hydrogen-bond donors (Lipinski definition) is 0. The Hall–Kier alpha value is -1.34. The average Bonchev–Trinajstić information content (AvgIpc) is 2.29. The summed E-state index contributed by atoms with van der Waals surface area (Å²) in [5.41, 5.74) is 5.78. The van der Waals surface area contributed by atoms with Gasteiger partial charge in [0.1, 0.15) is 0 Å². The molecule has 1 nitrogen and oxygen atoms in total. The van der Waals surface area contributed by atoms with Gasteiger partial charge >= 0.3 is 0 Å². The van der Waals surface area contributed by atoms with E-state index in [-0.39, 0.29) is 0 Å². The summed E-state index contributed by atoms with van der Waals surface area (Å²) in [6.45, 7) is 4.12. The molecule has 0 amide bonds. The van der Waals surface area contributed by atoms with Crippen molar-refractivity contribution in [2.75, 3.05) is 5.88 Å². The first-order chi connectivity index (χ1) is 8.19. The number of alkyl halides is 1. The zero-order valence-corrected chi connectivity index (χ0v) is 11.0. The molecule has 0 aliphatic heterocycles. The molecule has 0 N–H and O–H groups in total. The molecule has 1 aromatic carbocycles. The van der Waals surface area contributed by atoms with Gasteiger partial charge in [-0.2, -0.15) is 0 Å². The van der Waals surface area contributed by atoms with Crippen LogP contribution in [0, 0.1) is 13.8 Å². The molecule has 2 aromatic rings. The van der Waals surface area contributed by atoms with E-state index >= 15 is 0 Å². The Kier molecular flexibility index (Phi) is 3.80. The van der Waals surface area contributed by atoms with Gasteiger partial charge in [-0.05, 0) is 43.5 Å². The maximum Gasteiger partial charge on any atom is 0.0707 e. The molecule has 0 atom stereocenters. The second-order valence-electron chi connectivity index (χ2n) is 4.31. The highest BCUT2D eigenvalue weighted by Gasteiger charge is 2.01. The van der Waals surface area contributed by atoms with Gasteiger partial charge in [0.05, 0.1) is 5.69 Å². The minimum Gasteiger partial charge on any atom is -0.253 e. The molecule has 2 rings (SSSR count). The first-order valence-corrected chi connectivity index (χ1v) is 6.33. The molecule has 88 valence electrons. The fraction of sp³-hybridized carbons (Fsp3) is 0.267. The number of benzene rings is 1. The lowest BCUT2D eigenvalue weighted by Gasteiger charge is -2.05. The van der Waals surface area contributed by atoms with Crippen molar-refractivity contribution in [3.8, 4) is 11.3 Å². The highest BCUT2D eigenvalue weighted by Crippen LogP contribution is 2.19. The summed E-state index contributed by atoms with van der Waals surface area (Å²) in [5, 5.41) is 0. The lowest BCUT2D eigenvalue weighted by Crippen LogP contribution is -1.90. The Labute approximate surface area is 107 Å². The van der Waals surface area contributed by atoms with Gasteiger partial charge in [0.25, 0.3) is 0 Å². The highest BCUT2D eigenvalue weighted by molar-refractivity contribution is 6.17. The Morgan fingerprint density at radius 2 is 1.76 bits per heavy atom. The molecule has 0 saturated heterocycles. The maximum absolute atomic E-state index is 5.72. The van der Waals surface area contributed by atoms with Crippen LogP contribution in [0.15, 0.2) is 36.4 Å². The van der Waals surface area contributed by atoms with E-state index in [0.29, 0.717) is 5.88 Å². The van der Waals surface area contributed by atoms with Gasteiger partial charge in [-0.15, -0.1) is 11.6 Å². The van der Waals surface area contributed by atoms with E-state index in [0.717, 1.165) is 23.4 Å². The smallest absolute Gasteiger partial charge is 0.0707 e. The molecule has 0 bridgehead atoms. The lowest BCUT2D eigenvalue weighted by molar-refractivity contribution is 1.14. The van der Waals surface area contributed by atoms with Crippen LogP contribution in [0.2, 0.25) is 0 Å².